The highest BCUT2D eigenvalue weighted by molar-refractivity contribution is 9.10. The maximum absolute atomic E-state index is 5.64. The summed E-state index contributed by atoms with van der Waals surface area (Å²) in [7, 11) is 1.90. The maximum Gasteiger partial charge on any atom is 0.193 e. The number of ether oxygens (including phenoxy) is 1. The van der Waals surface area contributed by atoms with Gasteiger partial charge in [-0.2, -0.15) is 0 Å². The second-order valence-electron chi connectivity index (χ2n) is 7.51. The molecule has 1 N–H and O–H groups in total. The van der Waals surface area contributed by atoms with E-state index in [1.165, 1.54) is 18.4 Å². The zero-order valence-corrected chi connectivity index (χ0v) is 17.0. The van der Waals surface area contributed by atoms with E-state index in [4.69, 9.17) is 4.74 Å². The van der Waals surface area contributed by atoms with Crippen molar-refractivity contribution < 1.29 is 4.74 Å². The lowest BCUT2D eigenvalue weighted by Gasteiger charge is -2.26. The number of likely N-dealkylation sites (tertiary alicyclic amines) is 1. The molecule has 0 amide bonds. The zero-order chi connectivity index (χ0) is 17.7. The van der Waals surface area contributed by atoms with Gasteiger partial charge in [-0.05, 0) is 42.9 Å². The van der Waals surface area contributed by atoms with Crippen molar-refractivity contribution in [3.63, 3.8) is 0 Å². The molecule has 0 aromatic heterocycles. The fourth-order valence-electron chi connectivity index (χ4n) is 4.01. The van der Waals surface area contributed by atoms with Crippen molar-refractivity contribution in [1.29, 1.82) is 0 Å². The Bertz CT molecular complexity index is 598. The van der Waals surface area contributed by atoms with E-state index in [1.807, 2.05) is 7.05 Å². The van der Waals surface area contributed by atoms with Crippen molar-refractivity contribution in [3.8, 4) is 0 Å². The van der Waals surface area contributed by atoms with Crippen LogP contribution >= 0.6 is 15.9 Å². The smallest absolute Gasteiger partial charge is 0.193 e. The fraction of sp³-hybridized carbons (Fsp3) is 0.650. The van der Waals surface area contributed by atoms with Crippen molar-refractivity contribution in [1.82, 2.24) is 10.2 Å². The second kappa shape index (κ2) is 8.54. The van der Waals surface area contributed by atoms with Gasteiger partial charge in [0.1, 0.15) is 0 Å². The Morgan fingerprint density at radius 3 is 3.00 bits per heavy atom. The Morgan fingerprint density at radius 1 is 1.44 bits per heavy atom. The minimum absolute atomic E-state index is 0.373. The summed E-state index contributed by atoms with van der Waals surface area (Å²) < 4.78 is 6.80. The van der Waals surface area contributed by atoms with Crippen LogP contribution in [0.4, 0.5) is 0 Å². The average Bonchev–Trinajstić information content (AvgIpc) is 3.25. The molecular formula is C20H30BrN3O. The summed E-state index contributed by atoms with van der Waals surface area (Å²) in [5.74, 6) is 1.66. The highest BCUT2D eigenvalue weighted by Gasteiger charge is 2.42. The summed E-state index contributed by atoms with van der Waals surface area (Å²) >= 11 is 3.57. The van der Waals surface area contributed by atoms with Gasteiger partial charge in [-0.3, -0.25) is 4.99 Å². The molecule has 2 fully saturated rings. The Labute approximate surface area is 160 Å². The first-order valence-corrected chi connectivity index (χ1v) is 10.2. The molecule has 1 aromatic carbocycles. The Morgan fingerprint density at radius 2 is 2.32 bits per heavy atom. The summed E-state index contributed by atoms with van der Waals surface area (Å²) in [5, 5.41) is 3.63. The van der Waals surface area contributed by atoms with Crippen LogP contribution in [0.5, 0.6) is 0 Å². The number of guanidine groups is 1. The lowest BCUT2D eigenvalue weighted by Crippen LogP contribution is -2.43. The molecule has 1 spiro atoms. The van der Waals surface area contributed by atoms with Crippen LogP contribution in [0.25, 0.3) is 0 Å². The number of nitrogens with zero attached hydrogens (tertiary/aromatic N) is 2. The highest BCUT2D eigenvalue weighted by atomic mass is 79.9. The molecule has 2 aliphatic rings. The van der Waals surface area contributed by atoms with Crippen LogP contribution in [0.1, 0.15) is 31.7 Å². The number of rotatable bonds is 5. The van der Waals surface area contributed by atoms with Crippen molar-refractivity contribution in [3.05, 3.63) is 34.3 Å². The molecule has 2 saturated heterocycles. The minimum atomic E-state index is 0.373. The Hall–Kier alpha value is -1.07. The van der Waals surface area contributed by atoms with Crippen LogP contribution < -0.4 is 5.32 Å². The van der Waals surface area contributed by atoms with Gasteiger partial charge in [-0.25, -0.2) is 0 Å². The van der Waals surface area contributed by atoms with E-state index >= 15 is 0 Å². The molecule has 0 bridgehead atoms. The minimum Gasteiger partial charge on any atom is -0.381 e. The summed E-state index contributed by atoms with van der Waals surface area (Å²) in [4.78, 5) is 6.95. The SMILES string of the molecule is CCC(CNC(=NC)N1CCC2(CCOC2)C1)Cc1cccc(Br)c1. The van der Waals surface area contributed by atoms with E-state index in [-0.39, 0.29) is 0 Å². The van der Waals surface area contributed by atoms with Crippen molar-refractivity contribution in [2.24, 2.45) is 16.3 Å². The van der Waals surface area contributed by atoms with Gasteiger partial charge in [0.05, 0.1) is 6.61 Å². The molecule has 0 aliphatic carbocycles. The maximum atomic E-state index is 5.64. The molecule has 4 nitrogen and oxygen atoms in total. The largest absolute Gasteiger partial charge is 0.381 e. The van der Waals surface area contributed by atoms with Crippen LogP contribution in [0, 0.1) is 11.3 Å². The Kier molecular flexibility index (Phi) is 6.39. The first kappa shape index (κ1) is 18.7. The van der Waals surface area contributed by atoms with Gasteiger partial charge in [-0.15, -0.1) is 0 Å². The van der Waals surface area contributed by atoms with Gasteiger partial charge >= 0.3 is 0 Å². The monoisotopic (exact) mass is 407 g/mol. The van der Waals surface area contributed by atoms with E-state index in [0.29, 0.717) is 11.3 Å². The number of hydrogen-bond acceptors (Lipinski definition) is 2. The fourth-order valence-corrected chi connectivity index (χ4v) is 4.46. The third kappa shape index (κ3) is 4.76. The van der Waals surface area contributed by atoms with Crippen LogP contribution in [0.15, 0.2) is 33.7 Å². The van der Waals surface area contributed by atoms with Gasteiger partial charge in [0.25, 0.3) is 0 Å². The van der Waals surface area contributed by atoms with Crippen molar-refractivity contribution >= 4 is 21.9 Å². The highest BCUT2D eigenvalue weighted by Crippen LogP contribution is 2.38. The van der Waals surface area contributed by atoms with Gasteiger partial charge < -0.3 is 15.0 Å². The lowest BCUT2D eigenvalue weighted by molar-refractivity contribution is 0.156. The summed E-state index contributed by atoms with van der Waals surface area (Å²) in [6, 6.07) is 8.64. The molecule has 2 unspecified atom stereocenters. The van der Waals surface area contributed by atoms with Crippen LogP contribution in [0.2, 0.25) is 0 Å². The first-order valence-electron chi connectivity index (χ1n) is 9.42. The second-order valence-corrected chi connectivity index (χ2v) is 8.43. The summed E-state index contributed by atoms with van der Waals surface area (Å²) in [6.07, 6.45) is 4.68. The predicted octanol–water partition coefficient (Wildman–Crippen LogP) is 3.71. The number of nitrogens with one attached hydrogen (secondary N) is 1. The molecule has 0 saturated carbocycles. The van der Waals surface area contributed by atoms with Gasteiger partial charge in [0, 0.05) is 43.2 Å². The van der Waals surface area contributed by atoms with Crippen molar-refractivity contribution in [2.75, 3.05) is 39.9 Å². The number of benzene rings is 1. The van der Waals surface area contributed by atoms with Gasteiger partial charge in [-0.1, -0.05) is 41.4 Å². The molecule has 1 aromatic rings. The molecule has 5 heteroatoms. The summed E-state index contributed by atoms with van der Waals surface area (Å²) in [6.45, 7) is 7.25. The standard InChI is InChI=1S/C20H30BrN3O/c1-3-16(11-17-5-4-6-18(21)12-17)13-23-19(22-2)24-9-7-20(14-24)8-10-25-15-20/h4-6,12,16H,3,7-11,13-15H2,1-2H3,(H,22,23). The van der Waals surface area contributed by atoms with E-state index in [9.17, 15) is 0 Å². The molecule has 25 heavy (non-hydrogen) atoms. The molecule has 2 heterocycles. The van der Waals surface area contributed by atoms with E-state index in [0.717, 1.165) is 56.1 Å². The van der Waals surface area contributed by atoms with E-state index in [2.05, 4.69) is 62.3 Å². The van der Waals surface area contributed by atoms with Gasteiger partial charge in [0.2, 0.25) is 0 Å². The third-order valence-corrected chi connectivity index (χ3v) is 6.17. The molecule has 2 aliphatic heterocycles. The Balaban J connectivity index is 1.53. The van der Waals surface area contributed by atoms with Crippen LogP contribution in [0.3, 0.4) is 0 Å². The first-order chi connectivity index (χ1) is 12.1. The van der Waals surface area contributed by atoms with Crippen LogP contribution in [-0.2, 0) is 11.2 Å². The van der Waals surface area contributed by atoms with Crippen LogP contribution in [-0.4, -0.2) is 50.8 Å². The molecule has 3 rings (SSSR count). The zero-order valence-electron chi connectivity index (χ0n) is 15.4. The average molecular weight is 408 g/mol. The predicted molar refractivity (Wildman–Crippen MR) is 107 cm³/mol. The normalized spacial score (nSPS) is 24.9. The quantitative estimate of drug-likeness (QED) is 0.596. The molecule has 138 valence electrons. The van der Waals surface area contributed by atoms with Gasteiger partial charge in [0.15, 0.2) is 5.96 Å². The van der Waals surface area contributed by atoms with Crippen molar-refractivity contribution in [2.45, 2.75) is 32.6 Å². The molecule has 2 atom stereocenters. The number of aliphatic imine (C=N–C) groups is 1. The molecule has 0 radical (unpaired) electrons. The van der Waals surface area contributed by atoms with E-state index < -0.39 is 0 Å². The lowest BCUT2D eigenvalue weighted by atomic mass is 9.87. The number of hydrogen-bond donors (Lipinski definition) is 1. The third-order valence-electron chi connectivity index (χ3n) is 5.67. The molecular weight excluding hydrogens is 378 g/mol. The van der Waals surface area contributed by atoms with E-state index in [1.54, 1.807) is 0 Å². The topological polar surface area (TPSA) is 36.9 Å². The summed E-state index contributed by atoms with van der Waals surface area (Å²) in [5.41, 5.74) is 1.76. The number of halogens is 1.